The van der Waals surface area contributed by atoms with E-state index in [-0.39, 0.29) is 23.7 Å². The van der Waals surface area contributed by atoms with E-state index in [0.29, 0.717) is 30.1 Å². The molecule has 2 amide bonds. The molecule has 0 bridgehead atoms. The van der Waals surface area contributed by atoms with Crippen LogP contribution in [0.1, 0.15) is 37.0 Å². The Morgan fingerprint density at radius 3 is 2.46 bits per heavy atom. The number of hydrogen-bond acceptors (Lipinski definition) is 4. The number of piperidine rings is 1. The Kier molecular flexibility index (Phi) is 7.03. The molecule has 7 heteroatoms. The number of carbonyl (C=O) groups excluding carboxylic acids is 3. The van der Waals surface area contributed by atoms with E-state index in [4.69, 9.17) is 16.3 Å². The van der Waals surface area contributed by atoms with Crippen molar-refractivity contribution in [3.63, 3.8) is 0 Å². The standard InChI is InChI=1S/C19H25ClN2O4/c1-12(2)16(19(25)26-3)21-17(23)14-5-4-10-22(11-14)18(24)13-6-8-15(20)9-7-13/h6-9,12,14,16H,4-5,10-11H2,1-3H3,(H,21,23). The van der Waals surface area contributed by atoms with Crippen molar-refractivity contribution >= 4 is 29.4 Å². The SMILES string of the molecule is COC(=O)C(NC(=O)C1CCCN(C(=O)c2ccc(Cl)cc2)C1)C(C)C. The third kappa shape index (κ3) is 4.97. The molecule has 142 valence electrons. The lowest BCUT2D eigenvalue weighted by Gasteiger charge is -2.33. The summed E-state index contributed by atoms with van der Waals surface area (Å²) >= 11 is 5.86. The lowest BCUT2D eigenvalue weighted by atomic mass is 9.95. The summed E-state index contributed by atoms with van der Waals surface area (Å²) in [5.41, 5.74) is 0.546. The minimum Gasteiger partial charge on any atom is -0.467 e. The van der Waals surface area contributed by atoms with E-state index in [0.717, 1.165) is 6.42 Å². The summed E-state index contributed by atoms with van der Waals surface area (Å²) in [6.07, 6.45) is 1.42. The Balaban J connectivity index is 2.02. The Bertz CT molecular complexity index is 660. The number of nitrogens with zero attached hydrogens (tertiary/aromatic N) is 1. The van der Waals surface area contributed by atoms with Crippen LogP contribution in [0.15, 0.2) is 24.3 Å². The van der Waals surface area contributed by atoms with Crippen molar-refractivity contribution in [3.05, 3.63) is 34.9 Å². The normalized spacial score (nSPS) is 18.3. The molecule has 1 aliphatic rings. The first-order valence-electron chi connectivity index (χ1n) is 8.76. The number of methoxy groups -OCH3 is 1. The van der Waals surface area contributed by atoms with Gasteiger partial charge in [0.25, 0.3) is 5.91 Å². The first-order chi connectivity index (χ1) is 12.3. The van der Waals surface area contributed by atoms with Crippen LogP contribution in [0.5, 0.6) is 0 Å². The highest BCUT2D eigenvalue weighted by molar-refractivity contribution is 6.30. The topological polar surface area (TPSA) is 75.7 Å². The van der Waals surface area contributed by atoms with Gasteiger partial charge in [0.2, 0.25) is 5.91 Å². The van der Waals surface area contributed by atoms with Gasteiger partial charge in [-0.1, -0.05) is 25.4 Å². The quantitative estimate of drug-likeness (QED) is 0.796. The van der Waals surface area contributed by atoms with E-state index in [1.807, 2.05) is 13.8 Å². The van der Waals surface area contributed by atoms with Gasteiger partial charge in [-0.2, -0.15) is 0 Å². The van der Waals surface area contributed by atoms with E-state index in [2.05, 4.69) is 5.32 Å². The Morgan fingerprint density at radius 1 is 1.23 bits per heavy atom. The van der Waals surface area contributed by atoms with E-state index in [1.54, 1.807) is 29.2 Å². The fourth-order valence-electron chi connectivity index (χ4n) is 3.05. The fourth-order valence-corrected chi connectivity index (χ4v) is 3.17. The summed E-state index contributed by atoms with van der Waals surface area (Å²) in [4.78, 5) is 38.8. The van der Waals surface area contributed by atoms with Gasteiger partial charge in [-0.15, -0.1) is 0 Å². The van der Waals surface area contributed by atoms with Gasteiger partial charge in [-0.25, -0.2) is 4.79 Å². The van der Waals surface area contributed by atoms with Crippen LogP contribution in [-0.2, 0) is 14.3 Å². The molecule has 6 nitrogen and oxygen atoms in total. The second-order valence-corrected chi connectivity index (χ2v) is 7.29. The van der Waals surface area contributed by atoms with Crippen LogP contribution >= 0.6 is 11.6 Å². The summed E-state index contributed by atoms with van der Waals surface area (Å²) in [5, 5.41) is 3.34. The van der Waals surface area contributed by atoms with E-state index >= 15 is 0 Å². The maximum absolute atomic E-state index is 12.6. The minimum absolute atomic E-state index is 0.0817. The van der Waals surface area contributed by atoms with Crippen LogP contribution in [0, 0.1) is 11.8 Å². The molecule has 2 atom stereocenters. The number of halogens is 1. The Hall–Kier alpha value is -2.08. The van der Waals surface area contributed by atoms with Crippen molar-refractivity contribution < 1.29 is 19.1 Å². The maximum Gasteiger partial charge on any atom is 0.328 e. The number of hydrogen-bond donors (Lipinski definition) is 1. The van der Waals surface area contributed by atoms with Gasteiger partial charge in [0.15, 0.2) is 0 Å². The fraction of sp³-hybridized carbons (Fsp3) is 0.526. The van der Waals surface area contributed by atoms with Crippen molar-refractivity contribution in [3.8, 4) is 0 Å². The summed E-state index contributed by atoms with van der Waals surface area (Å²) in [5.74, 6) is -1.22. The predicted molar refractivity (Wildman–Crippen MR) is 98.9 cm³/mol. The first-order valence-corrected chi connectivity index (χ1v) is 9.14. The molecule has 0 aromatic heterocycles. The highest BCUT2D eigenvalue weighted by Gasteiger charge is 2.32. The predicted octanol–water partition coefficient (Wildman–Crippen LogP) is 2.51. The van der Waals surface area contributed by atoms with Crippen molar-refractivity contribution in [2.75, 3.05) is 20.2 Å². The average Bonchev–Trinajstić information content (AvgIpc) is 2.65. The molecular formula is C19H25ClN2O4. The third-order valence-corrected chi connectivity index (χ3v) is 4.84. The lowest BCUT2D eigenvalue weighted by molar-refractivity contribution is -0.147. The molecule has 1 aromatic carbocycles. The van der Waals surface area contributed by atoms with Gasteiger partial charge in [0.1, 0.15) is 6.04 Å². The third-order valence-electron chi connectivity index (χ3n) is 4.59. The molecule has 0 radical (unpaired) electrons. The Labute approximate surface area is 158 Å². The van der Waals surface area contributed by atoms with Crippen molar-refractivity contribution in [2.24, 2.45) is 11.8 Å². The molecule has 0 aliphatic carbocycles. The van der Waals surface area contributed by atoms with Crippen LogP contribution in [-0.4, -0.2) is 48.9 Å². The number of amides is 2. The zero-order valence-corrected chi connectivity index (χ0v) is 16.1. The zero-order valence-electron chi connectivity index (χ0n) is 15.3. The average molecular weight is 381 g/mol. The molecule has 0 saturated carbocycles. The molecule has 1 saturated heterocycles. The van der Waals surface area contributed by atoms with Crippen LogP contribution in [0.4, 0.5) is 0 Å². The summed E-state index contributed by atoms with van der Waals surface area (Å²) < 4.78 is 4.76. The van der Waals surface area contributed by atoms with Gasteiger partial charge >= 0.3 is 5.97 Å². The molecule has 1 aromatic rings. The number of benzene rings is 1. The Morgan fingerprint density at radius 2 is 1.88 bits per heavy atom. The van der Waals surface area contributed by atoms with Gasteiger partial charge in [0.05, 0.1) is 13.0 Å². The molecule has 1 fully saturated rings. The smallest absolute Gasteiger partial charge is 0.328 e. The van der Waals surface area contributed by atoms with Gasteiger partial charge < -0.3 is 15.0 Å². The first kappa shape index (κ1) is 20.2. The number of ether oxygens (including phenoxy) is 1. The largest absolute Gasteiger partial charge is 0.467 e. The molecule has 2 rings (SSSR count). The molecule has 26 heavy (non-hydrogen) atoms. The van der Waals surface area contributed by atoms with Gasteiger partial charge in [-0.05, 0) is 43.0 Å². The second kappa shape index (κ2) is 9.03. The van der Waals surface area contributed by atoms with E-state index in [1.165, 1.54) is 7.11 Å². The highest BCUT2D eigenvalue weighted by atomic mass is 35.5. The van der Waals surface area contributed by atoms with Gasteiger partial charge in [0, 0.05) is 23.7 Å². The number of esters is 1. The highest BCUT2D eigenvalue weighted by Crippen LogP contribution is 2.20. The van der Waals surface area contributed by atoms with Crippen molar-refractivity contribution in [2.45, 2.75) is 32.7 Å². The minimum atomic E-state index is -0.685. The van der Waals surface area contributed by atoms with Crippen LogP contribution in [0.3, 0.4) is 0 Å². The second-order valence-electron chi connectivity index (χ2n) is 6.85. The number of rotatable bonds is 5. The number of nitrogens with one attached hydrogen (secondary N) is 1. The molecule has 2 unspecified atom stereocenters. The van der Waals surface area contributed by atoms with E-state index < -0.39 is 12.0 Å². The molecule has 1 aliphatic heterocycles. The summed E-state index contributed by atoms with van der Waals surface area (Å²) in [6, 6.07) is 6.02. The molecular weight excluding hydrogens is 356 g/mol. The summed E-state index contributed by atoms with van der Waals surface area (Å²) in [6.45, 7) is 4.63. The number of carbonyl (C=O) groups is 3. The number of likely N-dealkylation sites (tertiary alicyclic amines) is 1. The lowest BCUT2D eigenvalue weighted by Crippen LogP contribution is -2.51. The van der Waals surface area contributed by atoms with Crippen LogP contribution < -0.4 is 5.32 Å². The van der Waals surface area contributed by atoms with E-state index in [9.17, 15) is 14.4 Å². The van der Waals surface area contributed by atoms with Crippen molar-refractivity contribution in [1.82, 2.24) is 10.2 Å². The molecule has 1 N–H and O–H groups in total. The summed E-state index contributed by atoms with van der Waals surface area (Å²) in [7, 11) is 1.30. The monoisotopic (exact) mass is 380 g/mol. The van der Waals surface area contributed by atoms with Crippen molar-refractivity contribution in [1.29, 1.82) is 0 Å². The molecule has 1 heterocycles. The van der Waals surface area contributed by atoms with Crippen LogP contribution in [0.2, 0.25) is 5.02 Å². The van der Waals surface area contributed by atoms with Gasteiger partial charge in [-0.3, -0.25) is 9.59 Å². The molecule has 0 spiro atoms. The van der Waals surface area contributed by atoms with Crippen LogP contribution in [0.25, 0.3) is 0 Å². The zero-order chi connectivity index (χ0) is 19.3. The maximum atomic E-state index is 12.6.